The maximum absolute atomic E-state index is 12.1. The summed E-state index contributed by atoms with van der Waals surface area (Å²) in [7, 11) is 0. The molecule has 0 saturated carbocycles. The van der Waals surface area contributed by atoms with Crippen LogP contribution in [0.3, 0.4) is 0 Å². The Morgan fingerprint density at radius 2 is 1.71 bits per heavy atom. The first-order valence-corrected chi connectivity index (χ1v) is 6.65. The largest absolute Gasteiger partial charge is 0.342 e. The molecule has 0 aromatic heterocycles. The first-order valence-electron chi connectivity index (χ1n) is 5.89. The molecule has 1 heterocycles. The lowest BCUT2D eigenvalue weighted by atomic mass is 10.1. The minimum atomic E-state index is 0.125. The smallest absolute Gasteiger partial charge is 0.227 e. The Balaban J connectivity index is 2.07. The van der Waals surface area contributed by atoms with Crippen molar-refractivity contribution in [2.75, 3.05) is 13.1 Å². The van der Waals surface area contributed by atoms with Crippen LogP contribution < -0.4 is 0 Å². The predicted octanol–water partition coefficient (Wildman–Crippen LogP) is 3.55. The Labute approximate surface area is 112 Å². The average molecular weight is 272 g/mol. The van der Waals surface area contributed by atoms with Gasteiger partial charge in [-0.25, -0.2) is 0 Å². The van der Waals surface area contributed by atoms with Gasteiger partial charge in [-0.3, -0.25) is 4.79 Å². The van der Waals surface area contributed by atoms with Crippen LogP contribution in [0.15, 0.2) is 18.2 Å². The summed E-state index contributed by atoms with van der Waals surface area (Å²) in [6, 6.07) is 5.33. The summed E-state index contributed by atoms with van der Waals surface area (Å²) in [5, 5.41) is 1.14. The van der Waals surface area contributed by atoms with Gasteiger partial charge in [-0.2, -0.15) is 0 Å². The Morgan fingerprint density at radius 1 is 1.12 bits per heavy atom. The van der Waals surface area contributed by atoms with Crippen molar-refractivity contribution in [1.29, 1.82) is 0 Å². The number of rotatable bonds is 2. The van der Waals surface area contributed by atoms with E-state index in [9.17, 15) is 4.79 Å². The fourth-order valence-corrected chi connectivity index (χ4v) is 2.64. The van der Waals surface area contributed by atoms with E-state index in [1.54, 1.807) is 18.2 Å². The average Bonchev–Trinajstić information content (AvgIpc) is 2.35. The minimum Gasteiger partial charge on any atom is -0.342 e. The van der Waals surface area contributed by atoms with Crippen LogP contribution in [-0.4, -0.2) is 23.9 Å². The molecule has 0 unspecified atom stereocenters. The molecule has 0 N–H and O–H groups in total. The van der Waals surface area contributed by atoms with Gasteiger partial charge in [0.2, 0.25) is 5.91 Å². The SMILES string of the molecule is O=C(Cc1c(Cl)cccc1Cl)N1CCCCC1. The second-order valence-electron chi connectivity index (χ2n) is 4.32. The molecular weight excluding hydrogens is 257 g/mol. The minimum absolute atomic E-state index is 0.125. The molecular formula is C13H15Cl2NO. The third-order valence-electron chi connectivity index (χ3n) is 3.10. The number of carbonyl (C=O) groups is 1. The van der Waals surface area contributed by atoms with Crippen molar-refractivity contribution in [3.63, 3.8) is 0 Å². The number of nitrogens with zero attached hydrogens (tertiary/aromatic N) is 1. The van der Waals surface area contributed by atoms with E-state index < -0.39 is 0 Å². The van der Waals surface area contributed by atoms with Gasteiger partial charge in [0.1, 0.15) is 0 Å². The van der Waals surface area contributed by atoms with Crippen LogP contribution in [-0.2, 0) is 11.2 Å². The summed E-state index contributed by atoms with van der Waals surface area (Å²) in [4.78, 5) is 14.0. The molecule has 1 aliphatic heterocycles. The third-order valence-corrected chi connectivity index (χ3v) is 3.81. The zero-order valence-electron chi connectivity index (χ0n) is 9.59. The molecule has 0 spiro atoms. The van der Waals surface area contributed by atoms with E-state index in [2.05, 4.69) is 0 Å². The fourth-order valence-electron chi connectivity index (χ4n) is 2.11. The van der Waals surface area contributed by atoms with E-state index in [1.165, 1.54) is 6.42 Å². The van der Waals surface area contributed by atoms with Gasteiger partial charge in [0, 0.05) is 23.1 Å². The molecule has 1 aromatic rings. The molecule has 4 heteroatoms. The molecule has 0 bridgehead atoms. The lowest BCUT2D eigenvalue weighted by molar-refractivity contribution is -0.131. The van der Waals surface area contributed by atoms with Gasteiger partial charge in [-0.05, 0) is 37.0 Å². The molecule has 17 heavy (non-hydrogen) atoms. The highest BCUT2D eigenvalue weighted by atomic mass is 35.5. The van der Waals surface area contributed by atoms with Crippen LogP contribution in [0.4, 0.5) is 0 Å². The molecule has 1 saturated heterocycles. The van der Waals surface area contributed by atoms with E-state index in [0.29, 0.717) is 16.5 Å². The number of benzene rings is 1. The van der Waals surface area contributed by atoms with Crippen LogP contribution in [0, 0.1) is 0 Å². The van der Waals surface area contributed by atoms with E-state index in [0.717, 1.165) is 31.5 Å². The van der Waals surface area contributed by atoms with Crippen LogP contribution in [0.25, 0.3) is 0 Å². The second kappa shape index (κ2) is 5.74. The van der Waals surface area contributed by atoms with Gasteiger partial charge in [0.25, 0.3) is 0 Å². The van der Waals surface area contributed by atoms with Gasteiger partial charge in [-0.15, -0.1) is 0 Å². The van der Waals surface area contributed by atoms with E-state index in [-0.39, 0.29) is 5.91 Å². The summed E-state index contributed by atoms with van der Waals surface area (Å²) in [5.41, 5.74) is 0.742. The normalized spacial score (nSPS) is 16.0. The highest BCUT2D eigenvalue weighted by molar-refractivity contribution is 6.36. The van der Waals surface area contributed by atoms with E-state index in [1.807, 2.05) is 4.90 Å². The summed E-state index contributed by atoms with van der Waals surface area (Å²) in [5.74, 6) is 0.125. The summed E-state index contributed by atoms with van der Waals surface area (Å²) in [6.07, 6.45) is 3.72. The Bertz CT molecular complexity index is 394. The first kappa shape index (κ1) is 12.7. The maximum Gasteiger partial charge on any atom is 0.227 e. The van der Waals surface area contributed by atoms with Crippen molar-refractivity contribution in [1.82, 2.24) is 4.90 Å². The molecule has 0 aliphatic carbocycles. The molecule has 1 aromatic carbocycles. The predicted molar refractivity (Wildman–Crippen MR) is 70.6 cm³/mol. The molecule has 1 amide bonds. The zero-order valence-corrected chi connectivity index (χ0v) is 11.1. The molecule has 2 nitrogen and oxygen atoms in total. The summed E-state index contributed by atoms with van der Waals surface area (Å²) >= 11 is 12.1. The van der Waals surface area contributed by atoms with Crippen molar-refractivity contribution in [3.05, 3.63) is 33.8 Å². The van der Waals surface area contributed by atoms with E-state index in [4.69, 9.17) is 23.2 Å². The van der Waals surface area contributed by atoms with Crippen molar-refractivity contribution in [2.45, 2.75) is 25.7 Å². The van der Waals surface area contributed by atoms with Crippen LogP contribution in [0.1, 0.15) is 24.8 Å². The first-order chi connectivity index (χ1) is 8.18. The van der Waals surface area contributed by atoms with Crippen molar-refractivity contribution in [3.8, 4) is 0 Å². The van der Waals surface area contributed by atoms with Crippen LogP contribution >= 0.6 is 23.2 Å². The molecule has 92 valence electrons. The monoisotopic (exact) mass is 271 g/mol. The maximum atomic E-state index is 12.1. The summed E-state index contributed by atoms with van der Waals surface area (Å²) < 4.78 is 0. The molecule has 1 aliphatic rings. The van der Waals surface area contributed by atoms with Crippen LogP contribution in [0.2, 0.25) is 10.0 Å². The number of hydrogen-bond donors (Lipinski definition) is 0. The third kappa shape index (κ3) is 3.14. The van der Waals surface area contributed by atoms with Crippen molar-refractivity contribution < 1.29 is 4.79 Å². The summed E-state index contributed by atoms with van der Waals surface area (Å²) in [6.45, 7) is 1.72. The Kier molecular flexibility index (Phi) is 4.30. The Morgan fingerprint density at radius 3 is 2.29 bits per heavy atom. The molecule has 2 rings (SSSR count). The van der Waals surface area contributed by atoms with Crippen molar-refractivity contribution >= 4 is 29.1 Å². The highest BCUT2D eigenvalue weighted by Crippen LogP contribution is 2.25. The highest BCUT2D eigenvalue weighted by Gasteiger charge is 2.18. The van der Waals surface area contributed by atoms with Gasteiger partial charge in [0.05, 0.1) is 6.42 Å². The fraction of sp³-hybridized carbons (Fsp3) is 0.462. The van der Waals surface area contributed by atoms with Gasteiger partial charge in [0.15, 0.2) is 0 Å². The van der Waals surface area contributed by atoms with Gasteiger partial charge < -0.3 is 4.90 Å². The molecule has 0 atom stereocenters. The zero-order chi connectivity index (χ0) is 12.3. The van der Waals surface area contributed by atoms with Crippen molar-refractivity contribution in [2.24, 2.45) is 0 Å². The Hall–Kier alpha value is -0.730. The van der Waals surface area contributed by atoms with Gasteiger partial charge >= 0.3 is 0 Å². The number of halogens is 2. The van der Waals surface area contributed by atoms with E-state index >= 15 is 0 Å². The number of likely N-dealkylation sites (tertiary alicyclic amines) is 1. The number of hydrogen-bond acceptors (Lipinski definition) is 1. The topological polar surface area (TPSA) is 20.3 Å². The standard InChI is InChI=1S/C13H15Cl2NO/c14-11-5-4-6-12(15)10(11)9-13(17)16-7-2-1-3-8-16/h4-6H,1-3,7-9H2. The number of carbonyl (C=O) groups excluding carboxylic acids is 1. The number of piperidine rings is 1. The van der Waals surface area contributed by atoms with Crippen LogP contribution in [0.5, 0.6) is 0 Å². The number of amides is 1. The lowest BCUT2D eigenvalue weighted by Gasteiger charge is -2.27. The molecule has 1 fully saturated rings. The van der Waals surface area contributed by atoms with Gasteiger partial charge in [-0.1, -0.05) is 29.3 Å². The quantitative estimate of drug-likeness (QED) is 0.806. The second-order valence-corrected chi connectivity index (χ2v) is 5.13. The lowest BCUT2D eigenvalue weighted by Crippen LogP contribution is -2.36. The molecule has 0 radical (unpaired) electrons.